The number of nitrogens with one attached hydrogen (secondary N) is 1. The van der Waals surface area contributed by atoms with Crippen LogP contribution in [0.15, 0.2) is 127 Å². The number of carbonyl (C=O) groups is 5. The number of morpholine rings is 1. The van der Waals surface area contributed by atoms with Crippen molar-refractivity contribution >= 4 is 35.5 Å². The topological polar surface area (TPSA) is 173 Å². The van der Waals surface area contributed by atoms with Crippen LogP contribution in [0.5, 0.6) is 17.2 Å². The van der Waals surface area contributed by atoms with Crippen LogP contribution in [-0.4, -0.2) is 97.9 Å². The number of methoxy groups -OCH3 is 3. The molecule has 2 fully saturated rings. The molecular weight excluding hydrogens is 965 g/mol. The van der Waals surface area contributed by atoms with E-state index in [2.05, 4.69) is 23.2 Å². The molecule has 7 atom stereocenters. The smallest absolute Gasteiger partial charge is 0.329 e. The van der Waals surface area contributed by atoms with Crippen molar-refractivity contribution in [2.75, 3.05) is 46.0 Å². The van der Waals surface area contributed by atoms with Crippen LogP contribution in [0.25, 0.3) is 0 Å². The first-order valence-electron chi connectivity index (χ1n) is 26.0. The number of benzene rings is 5. The van der Waals surface area contributed by atoms with Crippen LogP contribution >= 0.6 is 0 Å². The number of carbonyl (C=O) groups excluding carboxylic acids is 5. The molecular formula is C61H62N4O11. The van der Waals surface area contributed by atoms with Gasteiger partial charge in [0.05, 0.1) is 51.6 Å². The first-order chi connectivity index (χ1) is 36.9. The van der Waals surface area contributed by atoms with E-state index in [-0.39, 0.29) is 32.0 Å². The Kier molecular flexibility index (Phi) is 14.7. The lowest BCUT2D eigenvalue weighted by Crippen LogP contribution is -2.58. The largest absolute Gasteiger partial charge is 0.493 e. The molecule has 2 N–H and O–H groups in total. The summed E-state index contributed by atoms with van der Waals surface area (Å²) in [5.41, 5.74) is 3.60. The standard InChI is InChI=1S/C61H62N4O11/c1-37(2)51(57(68)74-5)62-60(71)64-47-28-23-39(22-21-38-15-9-6-10-16-38)33-46(47)61(59(64)70)50(56(67)63-30-29-43-34-48(72-3)49(73-4)35-44(43)36-63)53-58(69)76-54(41-19-13-8-14-20-41)52(40-17-11-7-12-18-40)65(53)55(61)42-24-26-45(27-25-42)75-32-31-66/h7-8,11-15,17-20,23-28,33-35,37,50-55,66H,6,9-10,16,29-32,36H2,1-5H3,(H,62,71)/t50-,51-,52-,53-,54+,55+,61-/m0/s1. The molecule has 10 rings (SSSR count). The lowest BCUT2D eigenvalue weighted by atomic mass is 9.64. The monoisotopic (exact) mass is 1030 g/mol. The summed E-state index contributed by atoms with van der Waals surface area (Å²) in [4.78, 5) is 82.8. The van der Waals surface area contributed by atoms with Crippen LogP contribution in [0.3, 0.4) is 0 Å². The molecule has 0 bridgehead atoms. The highest BCUT2D eigenvalue weighted by Gasteiger charge is 2.76. The van der Waals surface area contributed by atoms with Gasteiger partial charge in [-0.15, -0.1) is 0 Å². The summed E-state index contributed by atoms with van der Waals surface area (Å²) in [7, 11) is 4.34. The van der Waals surface area contributed by atoms with Crippen molar-refractivity contribution in [3.63, 3.8) is 0 Å². The maximum atomic E-state index is 17.0. The van der Waals surface area contributed by atoms with Crippen LogP contribution in [0.2, 0.25) is 0 Å². The van der Waals surface area contributed by atoms with E-state index in [0.29, 0.717) is 45.9 Å². The number of aliphatic hydroxyl groups is 1. The number of cyclic esters (lactones) is 1. The zero-order valence-corrected chi connectivity index (χ0v) is 43.3. The third-order valence-corrected chi connectivity index (χ3v) is 15.6. The van der Waals surface area contributed by atoms with E-state index in [1.54, 1.807) is 75.4 Å². The number of amides is 4. The molecule has 4 aliphatic heterocycles. The van der Waals surface area contributed by atoms with Crippen LogP contribution < -0.4 is 24.4 Å². The van der Waals surface area contributed by atoms with Gasteiger partial charge >= 0.3 is 18.0 Å². The Hall–Kier alpha value is -7.93. The van der Waals surface area contributed by atoms with Crippen molar-refractivity contribution < 1.29 is 52.8 Å². The third-order valence-electron chi connectivity index (χ3n) is 15.6. The van der Waals surface area contributed by atoms with Gasteiger partial charge in [-0.25, -0.2) is 14.5 Å². The lowest BCUT2D eigenvalue weighted by Gasteiger charge is -2.46. The minimum atomic E-state index is -2.09. The molecule has 1 aliphatic carbocycles. The van der Waals surface area contributed by atoms with Gasteiger partial charge in [-0.05, 0) is 119 Å². The Morgan fingerprint density at radius 2 is 1.50 bits per heavy atom. The summed E-state index contributed by atoms with van der Waals surface area (Å²) in [6.45, 7) is 3.62. The number of allylic oxidation sites excluding steroid dienone is 2. The van der Waals surface area contributed by atoms with E-state index in [0.717, 1.165) is 52.8 Å². The van der Waals surface area contributed by atoms with Crippen LogP contribution in [0, 0.1) is 23.7 Å². The number of urea groups is 1. The number of fused-ring (bicyclic) bond motifs is 4. The van der Waals surface area contributed by atoms with E-state index >= 15 is 19.2 Å². The number of hydrogen-bond acceptors (Lipinski definition) is 12. The van der Waals surface area contributed by atoms with Gasteiger partial charge < -0.3 is 39.0 Å². The summed E-state index contributed by atoms with van der Waals surface area (Å²) in [6.07, 6.45) is 5.43. The number of imide groups is 1. The first-order valence-corrected chi connectivity index (χ1v) is 26.0. The van der Waals surface area contributed by atoms with E-state index < -0.39 is 77.3 Å². The van der Waals surface area contributed by atoms with Gasteiger partial charge in [-0.2, -0.15) is 0 Å². The summed E-state index contributed by atoms with van der Waals surface area (Å²) >= 11 is 0. The predicted octanol–water partition coefficient (Wildman–Crippen LogP) is 8.08. The average Bonchev–Trinajstić information content (AvgIpc) is 4.13. The van der Waals surface area contributed by atoms with E-state index in [1.165, 1.54) is 7.11 Å². The molecule has 15 nitrogen and oxygen atoms in total. The van der Waals surface area contributed by atoms with Gasteiger partial charge in [-0.3, -0.25) is 19.3 Å². The number of esters is 2. The fourth-order valence-corrected chi connectivity index (χ4v) is 12.1. The highest BCUT2D eigenvalue weighted by atomic mass is 16.6. The van der Waals surface area contributed by atoms with Crippen LogP contribution in [0.1, 0.15) is 96.7 Å². The number of rotatable bonds is 12. The van der Waals surface area contributed by atoms with Crippen LogP contribution in [-0.2, 0) is 47.0 Å². The minimum absolute atomic E-state index is 0.0232. The van der Waals surface area contributed by atoms with Crippen LogP contribution in [0.4, 0.5) is 10.5 Å². The number of nitrogens with zero attached hydrogens (tertiary/aromatic N) is 3. The number of anilines is 1. The van der Waals surface area contributed by atoms with E-state index in [4.69, 9.17) is 23.7 Å². The minimum Gasteiger partial charge on any atom is -0.493 e. The molecule has 4 heterocycles. The molecule has 0 radical (unpaired) electrons. The number of hydrogen-bond donors (Lipinski definition) is 2. The average molecular weight is 1030 g/mol. The zero-order valence-electron chi connectivity index (χ0n) is 43.3. The summed E-state index contributed by atoms with van der Waals surface area (Å²) in [5.74, 6) is 3.45. The fraction of sp³-hybridized carbons (Fsp3) is 0.361. The molecule has 15 heteroatoms. The number of ether oxygens (including phenoxy) is 5. The molecule has 392 valence electrons. The van der Waals surface area contributed by atoms with Gasteiger partial charge in [0.1, 0.15) is 36.0 Å². The van der Waals surface area contributed by atoms with Crippen molar-refractivity contribution in [2.45, 2.75) is 88.2 Å². The van der Waals surface area contributed by atoms with Crippen molar-refractivity contribution in [1.29, 1.82) is 0 Å². The Labute approximate surface area is 442 Å². The maximum Gasteiger partial charge on any atom is 0.329 e. The second kappa shape index (κ2) is 21.7. The number of aliphatic hydroxyl groups excluding tert-OH is 1. The van der Waals surface area contributed by atoms with Crippen molar-refractivity contribution in [1.82, 2.24) is 15.1 Å². The maximum absolute atomic E-state index is 17.0. The summed E-state index contributed by atoms with van der Waals surface area (Å²) in [6, 6.07) is 29.5. The van der Waals surface area contributed by atoms with Gasteiger partial charge in [-0.1, -0.05) is 105 Å². The third kappa shape index (κ3) is 9.13. The van der Waals surface area contributed by atoms with E-state index in [9.17, 15) is 9.90 Å². The molecule has 0 aromatic heterocycles. The normalized spacial score (nSPS) is 23.0. The summed E-state index contributed by atoms with van der Waals surface area (Å²) in [5, 5.41) is 12.5. The second-order valence-electron chi connectivity index (χ2n) is 20.2. The van der Waals surface area contributed by atoms with Crippen molar-refractivity contribution in [2.24, 2.45) is 11.8 Å². The molecule has 5 aromatic rings. The van der Waals surface area contributed by atoms with E-state index in [1.807, 2.05) is 77.7 Å². The molecule has 5 aliphatic rings. The summed E-state index contributed by atoms with van der Waals surface area (Å²) < 4.78 is 29.1. The molecule has 4 amide bonds. The molecule has 5 aromatic carbocycles. The molecule has 0 saturated carbocycles. The molecule has 0 unspecified atom stereocenters. The molecule has 1 spiro atoms. The lowest BCUT2D eigenvalue weighted by molar-refractivity contribution is -0.179. The first kappa shape index (κ1) is 51.6. The fourth-order valence-electron chi connectivity index (χ4n) is 12.1. The highest BCUT2D eigenvalue weighted by molar-refractivity contribution is 6.25. The predicted molar refractivity (Wildman–Crippen MR) is 282 cm³/mol. The second-order valence-corrected chi connectivity index (χ2v) is 20.2. The van der Waals surface area contributed by atoms with Gasteiger partial charge in [0.25, 0.3) is 0 Å². The van der Waals surface area contributed by atoms with Gasteiger partial charge in [0.15, 0.2) is 11.5 Å². The quantitative estimate of drug-likeness (QED) is 0.0910. The molecule has 76 heavy (non-hydrogen) atoms. The van der Waals surface area contributed by atoms with Gasteiger partial charge in [0.2, 0.25) is 11.8 Å². The SMILES string of the molecule is COC(=O)[C@@H](NC(=O)N1C(=O)[C@@]2(c3cc(C#CC4=CCCCC4)ccc31)[C@H](C(=O)N1CCc3cc(OC)c(OC)cc3C1)[C@H]1C(=O)O[C@H](c3ccccc3)[C@H](c3ccccc3)N1[C@@H]2c1ccc(OCCO)cc1)C(C)C. The molecule has 2 saturated heterocycles. The Morgan fingerprint density at radius 1 is 0.803 bits per heavy atom. The van der Waals surface area contributed by atoms with Gasteiger partial charge in [0, 0.05) is 18.7 Å². The zero-order chi connectivity index (χ0) is 53.3. The Bertz CT molecular complexity index is 3130. The Balaban J connectivity index is 1.27. The Morgan fingerprint density at radius 3 is 2.14 bits per heavy atom. The van der Waals surface area contributed by atoms with Crippen molar-refractivity contribution in [3.05, 3.63) is 166 Å². The van der Waals surface area contributed by atoms with Crippen molar-refractivity contribution in [3.8, 4) is 29.1 Å². The highest BCUT2D eigenvalue weighted by Crippen LogP contribution is 2.66.